The van der Waals surface area contributed by atoms with E-state index in [4.69, 9.17) is 15.3 Å². The monoisotopic (exact) mass is 264 g/mol. The number of aryl methyl sites for hydroxylation is 1. The molecule has 0 bridgehead atoms. The molecule has 19 heavy (non-hydrogen) atoms. The third kappa shape index (κ3) is 2.71. The maximum Gasteiger partial charge on any atom is 0.268 e. The number of rotatable bonds is 4. The van der Waals surface area contributed by atoms with Crippen LogP contribution in [0.25, 0.3) is 0 Å². The van der Waals surface area contributed by atoms with Gasteiger partial charge in [-0.25, -0.2) is 15.2 Å². The topological polar surface area (TPSA) is 82.3 Å². The maximum atomic E-state index is 13.2. The molecular formula is C12H13FN4O2. The van der Waals surface area contributed by atoms with Crippen molar-refractivity contribution in [1.82, 2.24) is 9.97 Å². The minimum absolute atomic E-state index is 0.191. The van der Waals surface area contributed by atoms with Crippen molar-refractivity contribution < 1.29 is 13.9 Å². The summed E-state index contributed by atoms with van der Waals surface area (Å²) in [5.74, 6) is 6.21. The molecule has 0 saturated carbocycles. The standard InChI is InChI=1S/C12H13FN4O2/c1-7-5-8(3-4-9(7)13)19-12-10(18-2)11(17-14)15-6-16-12/h3-6H,14H2,1-2H3,(H,15,16,17). The van der Waals surface area contributed by atoms with Crippen LogP contribution in [0.2, 0.25) is 0 Å². The minimum Gasteiger partial charge on any atom is -0.489 e. The summed E-state index contributed by atoms with van der Waals surface area (Å²) in [7, 11) is 1.45. The molecule has 7 heteroatoms. The third-order valence-electron chi connectivity index (χ3n) is 2.46. The van der Waals surface area contributed by atoms with Crippen LogP contribution in [0, 0.1) is 12.7 Å². The number of nitrogens with zero attached hydrogens (tertiary/aromatic N) is 2. The first-order valence-electron chi connectivity index (χ1n) is 5.45. The summed E-state index contributed by atoms with van der Waals surface area (Å²) in [5.41, 5.74) is 2.85. The van der Waals surface area contributed by atoms with E-state index in [9.17, 15) is 4.39 Å². The maximum absolute atomic E-state index is 13.2. The van der Waals surface area contributed by atoms with Crippen LogP contribution in [-0.4, -0.2) is 17.1 Å². The minimum atomic E-state index is -0.300. The highest BCUT2D eigenvalue weighted by Crippen LogP contribution is 2.33. The zero-order valence-corrected chi connectivity index (χ0v) is 10.5. The lowest BCUT2D eigenvalue weighted by Gasteiger charge is -2.11. The molecule has 0 amide bonds. The van der Waals surface area contributed by atoms with E-state index in [1.54, 1.807) is 13.0 Å². The SMILES string of the molecule is COc1c(NN)ncnc1Oc1ccc(F)c(C)c1. The number of benzene rings is 1. The van der Waals surface area contributed by atoms with Gasteiger partial charge in [-0.15, -0.1) is 0 Å². The number of ether oxygens (including phenoxy) is 2. The predicted molar refractivity (Wildman–Crippen MR) is 67.6 cm³/mol. The molecule has 0 aliphatic heterocycles. The Kier molecular flexibility index (Phi) is 3.76. The van der Waals surface area contributed by atoms with Crippen molar-refractivity contribution in [3.8, 4) is 17.4 Å². The zero-order valence-electron chi connectivity index (χ0n) is 10.5. The molecule has 2 aromatic rings. The molecule has 6 nitrogen and oxygen atoms in total. The van der Waals surface area contributed by atoms with Gasteiger partial charge in [0.1, 0.15) is 17.9 Å². The Balaban J connectivity index is 2.35. The highest BCUT2D eigenvalue weighted by atomic mass is 19.1. The van der Waals surface area contributed by atoms with Crippen LogP contribution in [0.4, 0.5) is 10.2 Å². The second kappa shape index (κ2) is 5.49. The first-order valence-corrected chi connectivity index (χ1v) is 5.45. The largest absolute Gasteiger partial charge is 0.489 e. The van der Waals surface area contributed by atoms with Gasteiger partial charge in [0.05, 0.1) is 7.11 Å². The van der Waals surface area contributed by atoms with E-state index < -0.39 is 0 Å². The van der Waals surface area contributed by atoms with Crippen molar-refractivity contribution in [3.63, 3.8) is 0 Å². The molecule has 0 unspecified atom stereocenters. The summed E-state index contributed by atoms with van der Waals surface area (Å²) >= 11 is 0. The van der Waals surface area contributed by atoms with Gasteiger partial charge in [0.15, 0.2) is 5.82 Å². The molecule has 0 saturated heterocycles. The first kappa shape index (κ1) is 13.0. The van der Waals surface area contributed by atoms with E-state index in [0.29, 0.717) is 17.1 Å². The van der Waals surface area contributed by atoms with Gasteiger partial charge >= 0.3 is 0 Å². The Labute approximate surface area is 109 Å². The van der Waals surface area contributed by atoms with E-state index in [2.05, 4.69) is 15.4 Å². The first-order chi connectivity index (χ1) is 9.15. The van der Waals surface area contributed by atoms with Crippen molar-refractivity contribution in [2.45, 2.75) is 6.92 Å². The molecule has 0 aliphatic carbocycles. The predicted octanol–water partition coefficient (Wildman–Crippen LogP) is 2.01. The average molecular weight is 264 g/mol. The fraction of sp³-hybridized carbons (Fsp3) is 0.167. The average Bonchev–Trinajstić information content (AvgIpc) is 2.42. The van der Waals surface area contributed by atoms with Gasteiger partial charge in [0, 0.05) is 0 Å². The van der Waals surface area contributed by atoms with Crippen LogP contribution < -0.4 is 20.7 Å². The molecule has 0 spiro atoms. The number of nitrogens with one attached hydrogen (secondary N) is 1. The van der Waals surface area contributed by atoms with Crippen LogP contribution >= 0.6 is 0 Å². The lowest BCUT2D eigenvalue weighted by Crippen LogP contribution is -2.11. The Morgan fingerprint density at radius 2 is 2.11 bits per heavy atom. The Morgan fingerprint density at radius 3 is 2.74 bits per heavy atom. The lowest BCUT2D eigenvalue weighted by atomic mass is 10.2. The number of nitrogen functional groups attached to an aromatic ring is 1. The summed E-state index contributed by atoms with van der Waals surface area (Å²) in [6.45, 7) is 1.65. The van der Waals surface area contributed by atoms with Crippen molar-refractivity contribution in [3.05, 3.63) is 35.9 Å². The molecule has 100 valence electrons. The van der Waals surface area contributed by atoms with Gasteiger partial charge in [-0.1, -0.05) is 0 Å². The molecule has 0 atom stereocenters. The van der Waals surface area contributed by atoms with Crippen LogP contribution in [-0.2, 0) is 0 Å². The zero-order chi connectivity index (χ0) is 13.8. The van der Waals surface area contributed by atoms with E-state index in [1.165, 1.54) is 25.6 Å². The highest BCUT2D eigenvalue weighted by molar-refractivity contribution is 5.55. The number of hydrazine groups is 1. The van der Waals surface area contributed by atoms with Crippen LogP contribution in [0.3, 0.4) is 0 Å². The third-order valence-corrected chi connectivity index (χ3v) is 2.46. The summed E-state index contributed by atoms with van der Waals surface area (Å²) in [6.07, 6.45) is 1.28. The van der Waals surface area contributed by atoms with Gasteiger partial charge < -0.3 is 14.9 Å². The fourth-order valence-electron chi connectivity index (χ4n) is 1.51. The van der Waals surface area contributed by atoms with Crippen molar-refractivity contribution in [2.75, 3.05) is 12.5 Å². The second-order valence-electron chi connectivity index (χ2n) is 3.72. The number of methoxy groups -OCH3 is 1. The van der Waals surface area contributed by atoms with E-state index in [-0.39, 0.29) is 17.4 Å². The van der Waals surface area contributed by atoms with Gasteiger partial charge in [0.25, 0.3) is 5.88 Å². The van der Waals surface area contributed by atoms with Crippen LogP contribution in [0.15, 0.2) is 24.5 Å². The van der Waals surface area contributed by atoms with Gasteiger partial charge in [0.2, 0.25) is 5.75 Å². The number of halogens is 1. The molecule has 3 N–H and O–H groups in total. The van der Waals surface area contributed by atoms with Crippen LogP contribution in [0.1, 0.15) is 5.56 Å². The summed E-state index contributed by atoms with van der Waals surface area (Å²) < 4.78 is 23.8. The molecule has 1 heterocycles. The van der Waals surface area contributed by atoms with Gasteiger partial charge in [-0.2, -0.15) is 4.98 Å². The molecule has 0 radical (unpaired) electrons. The quantitative estimate of drug-likeness (QED) is 0.649. The smallest absolute Gasteiger partial charge is 0.268 e. The second-order valence-corrected chi connectivity index (χ2v) is 3.72. The lowest BCUT2D eigenvalue weighted by molar-refractivity contribution is 0.368. The number of nitrogens with two attached hydrogens (primary N) is 1. The summed E-state index contributed by atoms with van der Waals surface area (Å²) in [5, 5.41) is 0. The molecular weight excluding hydrogens is 251 g/mol. The molecule has 1 aromatic heterocycles. The molecule has 0 aliphatic rings. The van der Waals surface area contributed by atoms with Gasteiger partial charge in [-0.3, -0.25) is 0 Å². The fourth-order valence-corrected chi connectivity index (χ4v) is 1.51. The van der Waals surface area contributed by atoms with Crippen molar-refractivity contribution in [1.29, 1.82) is 0 Å². The van der Waals surface area contributed by atoms with Crippen LogP contribution in [0.5, 0.6) is 17.4 Å². The number of anilines is 1. The molecule has 0 fully saturated rings. The number of hydrogen-bond acceptors (Lipinski definition) is 6. The van der Waals surface area contributed by atoms with Gasteiger partial charge in [-0.05, 0) is 30.7 Å². The summed E-state index contributed by atoms with van der Waals surface area (Å²) in [4.78, 5) is 7.85. The molecule has 1 aromatic carbocycles. The van der Waals surface area contributed by atoms with Crippen molar-refractivity contribution >= 4 is 5.82 Å². The Morgan fingerprint density at radius 1 is 1.32 bits per heavy atom. The van der Waals surface area contributed by atoms with E-state index >= 15 is 0 Å². The Bertz CT molecular complexity index is 592. The number of hydrogen-bond donors (Lipinski definition) is 2. The van der Waals surface area contributed by atoms with E-state index in [0.717, 1.165) is 0 Å². The van der Waals surface area contributed by atoms with Crippen molar-refractivity contribution in [2.24, 2.45) is 5.84 Å². The Hall–Kier alpha value is -2.41. The highest BCUT2D eigenvalue weighted by Gasteiger charge is 2.13. The normalized spacial score (nSPS) is 10.1. The summed E-state index contributed by atoms with van der Waals surface area (Å²) in [6, 6.07) is 4.38. The molecule has 2 rings (SSSR count). The number of aromatic nitrogens is 2. The van der Waals surface area contributed by atoms with E-state index in [1.807, 2.05) is 0 Å².